The number of nitrogens with two attached hydrogens (primary N) is 1. The summed E-state index contributed by atoms with van der Waals surface area (Å²) in [5.41, 5.74) is 10.0. The summed E-state index contributed by atoms with van der Waals surface area (Å²) in [5, 5.41) is 1.13. The van der Waals surface area contributed by atoms with E-state index in [0.717, 1.165) is 22.3 Å². The third-order valence-corrected chi connectivity index (χ3v) is 3.20. The Bertz CT molecular complexity index is 819. The van der Waals surface area contributed by atoms with Gasteiger partial charge in [0.15, 0.2) is 11.3 Å². The third-order valence-electron chi connectivity index (χ3n) is 3.20. The SMILES string of the molecule is Cc1cc2nc3ccc(N)cc3oc-2cc1=[N+](C)C.[Cl-]. The minimum Gasteiger partial charge on any atom is -1.00 e. The number of nitrogen functional groups attached to an aromatic ring is 1. The standard InChI is InChI=1S/C15H15N3O.ClH/c1-9-6-12-15(8-13(9)18(2)3)19-14-7-10(16)4-5-11(14)17-12;/h4-8,16H,1-3H3;1H. The Kier molecular flexibility index (Phi) is 3.68. The Labute approximate surface area is 123 Å². The molecule has 0 spiro atoms. The number of fused-ring (bicyclic) bond motifs is 2. The van der Waals surface area contributed by atoms with Gasteiger partial charge >= 0.3 is 0 Å². The molecule has 2 aliphatic rings. The van der Waals surface area contributed by atoms with Crippen molar-refractivity contribution in [1.82, 2.24) is 9.56 Å². The van der Waals surface area contributed by atoms with Crippen molar-refractivity contribution in [3.05, 3.63) is 41.3 Å². The first kappa shape index (κ1) is 14.3. The van der Waals surface area contributed by atoms with Crippen molar-refractivity contribution in [1.29, 1.82) is 0 Å². The summed E-state index contributed by atoms with van der Waals surface area (Å²) < 4.78 is 7.97. The van der Waals surface area contributed by atoms with Gasteiger partial charge in [-0.25, -0.2) is 9.56 Å². The number of halogens is 1. The highest BCUT2D eigenvalue weighted by molar-refractivity contribution is 5.79. The fraction of sp³-hybridized carbons (Fsp3) is 0.200. The van der Waals surface area contributed by atoms with Crippen LogP contribution in [-0.4, -0.2) is 19.1 Å². The van der Waals surface area contributed by atoms with Gasteiger partial charge < -0.3 is 22.6 Å². The highest BCUT2D eigenvalue weighted by atomic mass is 35.5. The van der Waals surface area contributed by atoms with E-state index >= 15 is 0 Å². The molecule has 0 aromatic heterocycles. The molecule has 1 aliphatic carbocycles. The van der Waals surface area contributed by atoms with Gasteiger partial charge in [-0.05, 0) is 25.1 Å². The molecule has 5 heteroatoms. The average molecular weight is 290 g/mol. The van der Waals surface area contributed by atoms with Gasteiger partial charge in [-0.3, -0.25) is 0 Å². The fourth-order valence-corrected chi connectivity index (χ4v) is 2.27. The van der Waals surface area contributed by atoms with Crippen LogP contribution in [-0.2, 0) is 0 Å². The predicted octanol–water partition coefficient (Wildman–Crippen LogP) is -1.14. The van der Waals surface area contributed by atoms with Crippen LogP contribution < -0.4 is 28.1 Å². The molecule has 20 heavy (non-hydrogen) atoms. The summed E-state index contributed by atoms with van der Waals surface area (Å²) in [7, 11) is 4.03. The maximum atomic E-state index is 5.90. The number of nitrogens with zero attached hydrogens (tertiary/aromatic N) is 2. The molecule has 0 saturated heterocycles. The molecule has 104 valence electrons. The summed E-state index contributed by atoms with van der Waals surface area (Å²) in [6.45, 7) is 2.07. The van der Waals surface area contributed by atoms with Crippen molar-refractivity contribution in [3.63, 3.8) is 0 Å². The van der Waals surface area contributed by atoms with Gasteiger partial charge in [0.2, 0.25) is 5.36 Å². The first-order valence-electron chi connectivity index (χ1n) is 6.15. The molecule has 0 unspecified atom stereocenters. The molecule has 1 heterocycles. The lowest BCUT2D eigenvalue weighted by atomic mass is 10.1. The van der Waals surface area contributed by atoms with E-state index in [0.29, 0.717) is 11.3 Å². The van der Waals surface area contributed by atoms with E-state index in [4.69, 9.17) is 10.2 Å². The molecule has 1 aliphatic heterocycles. The third kappa shape index (κ3) is 2.34. The number of hydrogen-bond acceptors (Lipinski definition) is 3. The molecule has 1 aromatic carbocycles. The first-order valence-corrected chi connectivity index (χ1v) is 6.15. The molecule has 1 aromatic rings. The zero-order chi connectivity index (χ0) is 13.6. The van der Waals surface area contributed by atoms with E-state index in [9.17, 15) is 0 Å². The Morgan fingerprint density at radius 1 is 1.15 bits per heavy atom. The summed E-state index contributed by atoms with van der Waals surface area (Å²) >= 11 is 0. The van der Waals surface area contributed by atoms with Gasteiger partial charge in [-0.1, -0.05) is 0 Å². The fourth-order valence-electron chi connectivity index (χ4n) is 2.27. The number of hydrogen-bond donors (Lipinski definition) is 1. The minimum atomic E-state index is 0. The largest absolute Gasteiger partial charge is 1.00 e. The maximum Gasteiger partial charge on any atom is 0.206 e. The highest BCUT2D eigenvalue weighted by Gasteiger charge is 2.13. The van der Waals surface area contributed by atoms with Crippen molar-refractivity contribution < 1.29 is 16.8 Å². The molecule has 0 bridgehead atoms. The molecule has 0 saturated carbocycles. The van der Waals surface area contributed by atoms with Crippen LogP contribution in [0.2, 0.25) is 0 Å². The Morgan fingerprint density at radius 3 is 2.60 bits per heavy atom. The maximum absolute atomic E-state index is 5.90. The zero-order valence-electron chi connectivity index (χ0n) is 11.6. The van der Waals surface area contributed by atoms with E-state index in [1.54, 1.807) is 6.07 Å². The van der Waals surface area contributed by atoms with Crippen LogP contribution in [0.4, 0.5) is 5.69 Å². The van der Waals surface area contributed by atoms with Gasteiger partial charge in [0.1, 0.15) is 25.3 Å². The Balaban J connectivity index is 0.00000147. The summed E-state index contributed by atoms with van der Waals surface area (Å²) in [6, 6.07) is 9.57. The summed E-state index contributed by atoms with van der Waals surface area (Å²) in [6.07, 6.45) is 0. The van der Waals surface area contributed by atoms with Gasteiger partial charge in [0, 0.05) is 17.3 Å². The van der Waals surface area contributed by atoms with Gasteiger partial charge in [-0.2, -0.15) is 0 Å². The van der Waals surface area contributed by atoms with Crippen molar-refractivity contribution in [2.45, 2.75) is 6.92 Å². The number of aromatic nitrogens is 1. The molecule has 4 nitrogen and oxygen atoms in total. The normalized spacial score (nSPS) is 10.6. The van der Waals surface area contributed by atoms with Gasteiger partial charge in [0.25, 0.3) is 0 Å². The van der Waals surface area contributed by atoms with E-state index in [1.165, 1.54) is 5.56 Å². The molecule has 0 fully saturated rings. The average Bonchev–Trinajstić information content (AvgIpc) is 2.35. The van der Waals surface area contributed by atoms with Crippen LogP contribution in [0, 0.1) is 6.92 Å². The highest BCUT2D eigenvalue weighted by Crippen LogP contribution is 2.25. The van der Waals surface area contributed by atoms with Crippen molar-refractivity contribution in [2.75, 3.05) is 19.8 Å². The lowest BCUT2D eigenvalue weighted by molar-refractivity contribution is -0.00000456. The smallest absolute Gasteiger partial charge is 0.206 e. The van der Waals surface area contributed by atoms with E-state index < -0.39 is 0 Å². The zero-order valence-corrected chi connectivity index (χ0v) is 12.4. The lowest BCUT2D eigenvalue weighted by Crippen LogP contribution is -3.00. The lowest BCUT2D eigenvalue weighted by Gasteiger charge is -2.07. The van der Waals surface area contributed by atoms with Crippen molar-refractivity contribution >= 4 is 16.8 Å². The quantitative estimate of drug-likeness (QED) is 0.323. The second-order valence-electron chi connectivity index (χ2n) is 4.94. The van der Waals surface area contributed by atoms with Crippen LogP contribution >= 0.6 is 0 Å². The Morgan fingerprint density at radius 2 is 1.90 bits per heavy atom. The van der Waals surface area contributed by atoms with Crippen LogP contribution in [0.1, 0.15) is 5.56 Å². The first-order chi connectivity index (χ1) is 9.04. The van der Waals surface area contributed by atoms with Crippen LogP contribution in [0.25, 0.3) is 22.6 Å². The molecule has 0 amide bonds. The molecule has 0 radical (unpaired) electrons. The summed E-state index contributed by atoms with van der Waals surface area (Å²) in [5.74, 6) is 0.771. The molecular formula is C15H16ClN3O. The van der Waals surface area contributed by atoms with Crippen LogP contribution in [0.5, 0.6) is 0 Å². The van der Waals surface area contributed by atoms with Crippen molar-refractivity contribution in [2.24, 2.45) is 0 Å². The number of rotatable bonds is 0. The molecule has 3 rings (SSSR count). The summed E-state index contributed by atoms with van der Waals surface area (Å²) in [4.78, 5) is 4.61. The second-order valence-corrected chi connectivity index (χ2v) is 4.94. The number of anilines is 1. The molecule has 0 atom stereocenters. The van der Waals surface area contributed by atoms with E-state index in [-0.39, 0.29) is 12.4 Å². The topological polar surface area (TPSA) is 55.1 Å². The molecular weight excluding hydrogens is 274 g/mol. The second kappa shape index (κ2) is 5.13. The number of benzene rings is 2. The Hall–Kier alpha value is -2.07. The molecule has 2 N–H and O–H groups in total. The van der Waals surface area contributed by atoms with Crippen molar-refractivity contribution in [3.8, 4) is 11.5 Å². The monoisotopic (exact) mass is 289 g/mol. The van der Waals surface area contributed by atoms with E-state index in [2.05, 4.69) is 16.5 Å². The number of aryl methyl sites for hydroxylation is 1. The van der Waals surface area contributed by atoms with Crippen LogP contribution in [0.15, 0.2) is 34.7 Å². The van der Waals surface area contributed by atoms with Crippen LogP contribution in [0.3, 0.4) is 0 Å². The minimum absolute atomic E-state index is 0. The van der Waals surface area contributed by atoms with E-state index in [1.807, 2.05) is 38.4 Å². The van der Waals surface area contributed by atoms with Gasteiger partial charge in [-0.15, -0.1) is 0 Å². The predicted molar refractivity (Wildman–Crippen MR) is 76.9 cm³/mol. The van der Waals surface area contributed by atoms with Gasteiger partial charge in [0.05, 0.1) is 6.07 Å².